The van der Waals surface area contributed by atoms with Crippen molar-refractivity contribution in [2.75, 3.05) is 6.61 Å². The Bertz CT molecular complexity index is 421. The first-order valence-corrected chi connectivity index (χ1v) is 10.0. The molecule has 0 unspecified atom stereocenters. The van der Waals surface area contributed by atoms with Crippen molar-refractivity contribution >= 4 is 11.7 Å². The van der Waals surface area contributed by atoms with Crippen LogP contribution in [0.1, 0.15) is 78.6 Å². The third-order valence-corrected chi connectivity index (χ3v) is 5.44. The van der Waals surface area contributed by atoms with Crippen LogP contribution in [0.5, 0.6) is 0 Å². The molecule has 0 atom stereocenters. The standard InChI is InChI=1S/C20H35NO4/c1-14(2)25-19-10-8-18(9-11-19)24-13-12-20(23)21-17-6-4-16(5-7-17)15(3)22/h14,16-19H,4-13H2,1-3H3,(H,21,23). The number of hydrogen-bond acceptors (Lipinski definition) is 4. The first-order chi connectivity index (χ1) is 11.9. The predicted octanol–water partition coefficient (Wildman–Crippen LogP) is 3.39. The zero-order valence-corrected chi connectivity index (χ0v) is 16.1. The van der Waals surface area contributed by atoms with E-state index in [-0.39, 0.29) is 35.9 Å². The molecule has 2 rings (SSSR count). The number of amides is 1. The molecule has 0 spiro atoms. The van der Waals surface area contributed by atoms with Crippen molar-refractivity contribution < 1.29 is 19.1 Å². The maximum Gasteiger partial charge on any atom is 0.222 e. The average Bonchev–Trinajstić information content (AvgIpc) is 2.56. The van der Waals surface area contributed by atoms with E-state index in [0.29, 0.717) is 19.1 Å². The number of carbonyl (C=O) groups is 2. The summed E-state index contributed by atoms with van der Waals surface area (Å²) in [7, 11) is 0. The molecular weight excluding hydrogens is 318 g/mol. The van der Waals surface area contributed by atoms with Crippen LogP contribution in [0.3, 0.4) is 0 Å². The lowest BCUT2D eigenvalue weighted by Crippen LogP contribution is -2.39. The van der Waals surface area contributed by atoms with E-state index in [0.717, 1.165) is 51.4 Å². The fourth-order valence-corrected chi connectivity index (χ4v) is 3.98. The summed E-state index contributed by atoms with van der Waals surface area (Å²) in [5, 5.41) is 3.09. The van der Waals surface area contributed by atoms with Gasteiger partial charge in [-0.15, -0.1) is 0 Å². The van der Waals surface area contributed by atoms with Gasteiger partial charge in [0.25, 0.3) is 0 Å². The SMILES string of the molecule is CC(=O)C1CCC(NC(=O)CCOC2CCC(OC(C)C)CC2)CC1. The maximum absolute atomic E-state index is 12.1. The lowest BCUT2D eigenvalue weighted by molar-refractivity contribution is -0.124. The molecule has 5 nitrogen and oxygen atoms in total. The van der Waals surface area contributed by atoms with E-state index in [1.165, 1.54) is 0 Å². The zero-order valence-electron chi connectivity index (χ0n) is 16.1. The molecular formula is C20H35NO4. The molecule has 0 heterocycles. The van der Waals surface area contributed by atoms with Gasteiger partial charge >= 0.3 is 0 Å². The Morgan fingerprint density at radius 3 is 2.12 bits per heavy atom. The van der Waals surface area contributed by atoms with E-state index in [4.69, 9.17) is 9.47 Å². The van der Waals surface area contributed by atoms with Crippen LogP contribution in [-0.4, -0.2) is 42.7 Å². The first kappa shape index (κ1) is 20.4. The number of nitrogens with one attached hydrogen (secondary N) is 1. The van der Waals surface area contributed by atoms with Crippen molar-refractivity contribution in [3.05, 3.63) is 0 Å². The van der Waals surface area contributed by atoms with Gasteiger partial charge in [0.2, 0.25) is 5.91 Å². The van der Waals surface area contributed by atoms with Gasteiger partial charge in [0.05, 0.1) is 24.9 Å². The van der Waals surface area contributed by atoms with Crippen molar-refractivity contribution in [2.24, 2.45) is 5.92 Å². The van der Waals surface area contributed by atoms with Gasteiger partial charge in [-0.3, -0.25) is 9.59 Å². The van der Waals surface area contributed by atoms with Crippen LogP contribution in [-0.2, 0) is 19.1 Å². The highest BCUT2D eigenvalue weighted by molar-refractivity contribution is 5.78. The second-order valence-corrected chi connectivity index (χ2v) is 7.93. The number of ketones is 1. The minimum Gasteiger partial charge on any atom is -0.378 e. The minimum atomic E-state index is 0.0723. The van der Waals surface area contributed by atoms with Crippen molar-refractivity contribution in [3.8, 4) is 0 Å². The molecule has 0 aromatic carbocycles. The van der Waals surface area contributed by atoms with E-state index >= 15 is 0 Å². The molecule has 0 aromatic heterocycles. The quantitative estimate of drug-likeness (QED) is 0.726. The van der Waals surface area contributed by atoms with Gasteiger partial charge in [-0.05, 0) is 72.1 Å². The van der Waals surface area contributed by atoms with E-state index < -0.39 is 0 Å². The van der Waals surface area contributed by atoms with Crippen LogP contribution in [0.25, 0.3) is 0 Å². The van der Waals surface area contributed by atoms with E-state index in [2.05, 4.69) is 19.2 Å². The van der Waals surface area contributed by atoms with Gasteiger partial charge in [-0.25, -0.2) is 0 Å². The summed E-state index contributed by atoms with van der Waals surface area (Å²) >= 11 is 0. The van der Waals surface area contributed by atoms with Gasteiger partial charge in [-0.1, -0.05) is 0 Å². The molecule has 1 amide bonds. The second-order valence-electron chi connectivity index (χ2n) is 7.93. The smallest absolute Gasteiger partial charge is 0.222 e. The summed E-state index contributed by atoms with van der Waals surface area (Å²) < 4.78 is 11.7. The van der Waals surface area contributed by atoms with Crippen molar-refractivity contribution in [3.63, 3.8) is 0 Å². The highest BCUT2D eigenvalue weighted by Gasteiger charge is 2.25. The highest BCUT2D eigenvalue weighted by Crippen LogP contribution is 2.26. The summed E-state index contributed by atoms with van der Waals surface area (Å²) in [4.78, 5) is 23.4. The van der Waals surface area contributed by atoms with Gasteiger partial charge in [-0.2, -0.15) is 0 Å². The third-order valence-electron chi connectivity index (χ3n) is 5.44. The largest absolute Gasteiger partial charge is 0.378 e. The Balaban J connectivity index is 1.54. The van der Waals surface area contributed by atoms with E-state index in [1.807, 2.05) is 0 Å². The first-order valence-electron chi connectivity index (χ1n) is 10.0. The number of hydrogen-bond donors (Lipinski definition) is 1. The van der Waals surface area contributed by atoms with Crippen LogP contribution in [0.2, 0.25) is 0 Å². The van der Waals surface area contributed by atoms with Gasteiger partial charge in [0, 0.05) is 18.4 Å². The number of Topliss-reactive ketones (excluding diaryl/α,β-unsaturated/α-hetero) is 1. The number of rotatable bonds is 8. The Hall–Kier alpha value is -0.940. The Morgan fingerprint density at radius 1 is 0.960 bits per heavy atom. The van der Waals surface area contributed by atoms with Crippen LogP contribution < -0.4 is 5.32 Å². The van der Waals surface area contributed by atoms with Gasteiger partial charge in [0.1, 0.15) is 5.78 Å². The average molecular weight is 354 g/mol. The molecule has 2 aliphatic rings. The summed E-state index contributed by atoms with van der Waals surface area (Å²) in [5.41, 5.74) is 0. The molecule has 2 aliphatic carbocycles. The van der Waals surface area contributed by atoms with Crippen molar-refractivity contribution in [2.45, 2.75) is 103 Å². The number of carbonyl (C=O) groups excluding carboxylic acids is 2. The van der Waals surface area contributed by atoms with E-state index in [9.17, 15) is 9.59 Å². The molecule has 2 saturated carbocycles. The summed E-state index contributed by atoms with van der Waals surface area (Å²) in [5.74, 6) is 0.557. The Kier molecular flexibility index (Phi) is 8.37. The molecule has 5 heteroatoms. The number of ether oxygens (including phenoxy) is 2. The second kappa shape index (κ2) is 10.3. The summed E-state index contributed by atoms with van der Waals surface area (Å²) in [6.45, 7) is 6.32. The summed E-state index contributed by atoms with van der Waals surface area (Å²) in [6.07, 6.45) is 9.13. The molecule has 0 aromatic rings. The van der Waals surface area contributed by atoms with Crippen LogP contribution in [0, 0.1) is 5.92 Å². The van der Waals surface area contributed by atoms with Gasteiger partial charge < -0.3 is 14.8 Å². The van der Waals surface area contributed by atoms with Crippen molar-refractivity contribution in [1.29, 1.82) is 0 Å². The molecule has 25 heavy (non-hydrogen) atoms. The minimum absolute atomic E-state index is 0.0723. The monoisotopic (exact) mass is 353 g/mol. The van der Waals surface area contributed by atoms with Crippen molar-refractivity contribution in [1.82, 2.24) is 5.32 Å². The lowest BCUT2D eigenvalue weighted by atomic mass is 9.84. The molecule has 144 valence electrons. The summed E-state index contributed by atoms with van der Waals surface area (Å²) in [6, 6.07) is 0.228. The lowest BCUT2D eigenvalue weighted by Gasteiger charge is -2.30. The fourth-order valence-electron chi connectivity index (χ4n) is 3.98. The Morgan fingerprint density at radius 2 is 1.56 bits per heavy atom. The fraction of sp³-hybridized carbons (Fsp3) is 0.900. The maximum atomic E-state index is 12.1. The van der Waals surface area contributed by atoms with E-state index in [1.54, 1.807) is 6.92 Å². The normalized spacial score (nSPS) is 30.2. The van der Waals surface area contributed by atoms with Crippen LogP contribution in [0.4, 0.5) is 0 Å². The zero-order chi connectivity index (χ0) is 18.2. The molecule has 2 fully saturated rings. The Labute approximate surface area is 152 Å². The van der Waals surface area contributed by atoms with Crippen LogP contribution >= 0.6 is 0 Å². The molecule has 0 bridgehead atoms. The topological polar surface area (TPSA) is 64.6 Å². The van der Waals surface area contributed by atoms with Crippen LogP contribution in [0.15, 0.2) is 0 Å². The molecule has 0 saturated heterocycles. The molecule has 1 N–H and O–H groups in total. The van der Waals surface area contributed by atoms with Gasteiger partial charge in [0.15, 0.2) is 0 Å². The molecule has 0 aliphatic heterocycles. The third kappa shape index (κ3) is 7.45. The predicted molar refractivity (Wildman–Crippen MR) is 97.4 cm³/mol. The molecule has 0 radical (unpaired) electrons. The highest BCUT2D eigenvalue weighted by atomic mass is 16.5.